The molecule has 154 valence electrons. The zero-order valence-electron chi connectivity index (χ0n) is 16.3. The van der Waals surface area contributed by atoms with Crippen LogP contribution in [0.2, 0.25) is 0 Å². The monoisotopic (exact) mass is 426 g/mol. The lowest BCUT2D eigenvalue weighted by molar-refractivity contribution is -0.384. The first kappa shape index (κ1) is 19.8. The van der Waals surface area contributed by atoms with E-state index in [0.29, 0.717) is 40.6 Å². The predicted octanol–water partition coefficient (Wildman–Crippen LogP) is 4.44. The van der Waals surface area contributed by atoms with E-state index >= 15 is 0 Å². The van der Waals surface area contributed by atoms with Gasteiger partial charge in [-0.05, 0) is 30.2 Å². The third-order valence-corrected chi connectivity index (χ3v) is 5.07. The molecule has 0 radical (unpaired) electrons. The Morgan fingerprint density at radius 1 is 1.13 bits per heavy atom. The van der Waals surface area contributed by atoms with Gasteiger partial charge in [0.1, 0.15) is 0 Å². The van der Waals surface area contributed by atoms with E-state index in [1.54, 1.807) is 18.4 Å². The molecule has 3 aromatic heterocycles. The number of thioether (sulfide) groups is 1. The lowest BCUT2D eigenvalue weighted by Gasteiger charge is -2.10. The molecule has 0 spiro atoms. The average Bonchev–Trinajstić information content (AvgIpc) is 3.47. The van der Waals surface area contributed by atoms with E-state index in [-0.39, 0.29) is 5.69 Å². The molecule has 0 aliphatic rings. The van der Waals surface area contributed by atoms with Crippen molar-refractivity contribution in [3.63, 3.8) is 0 Å². The minimum Gasteiger partial charge on any atom is -0.461 e. The first-order chi connectivity index (χ1) is 14.5. The van der Waals surface area contributed by atoms with Crippen molar-refractivity contribution in [3.05, 3.63) is 58.7 Å². The maximum atomic E-state index is 10.8. The lowest BCUT2D eigenvalue weighted by atomic mass is 10.2. The van der Waals surface area contributed by atoms with E-state index in [9.17, 15) is 10.1 Å². The fraction of sp³-hybridized carbons (Fsp3) is 0.263. The van der Waals surface area contributed by atoms with Crippen molar-refractivity contribution in [1.82, 2.24) is 25.0 Å². The molecule has 30 heavy (non-hydrogen) atoms. The SMILES string of the molecule is CC(C)Cn1c(SCc2nnc(-c3ccc([N+](=O)[O-])cc3)o2)nnc1-c1ccco1. The van der Waals surface area contributed by atoms with Gasteiger partial charge in [0.2, 0.25) is 11.8 Å². The van der Waals surface area contributed by atoms with Crippen LogP contribution in [-0.4, -0.2) is 29.9 Å². The maximum Gasteiger partial charge on any atom is 0.269 e. The van der Waals surface area contributed by atoms with Gasteiger partial charge in [-0.3, -0.25) is 14.7 Å². The zero-order chi connectivity index (χ0) is 21.1. The summed E-state index contributed by atoms with van der Waals surface area (Å²) < 4.78 is 13.2. The summed E-state index contributed by atoms with van der Waals surface area (Å²) in [6, 6.07) is 9.63. The van der Waals surface area contributed by atoms with Crippen LogP contribution in [0.25, 0.3) is 23.0 Å². The Kier molecular flexibility index (Phi) is 5.61. The van der Waals surface area contributed by atoms with E-state index in [1.165, 1.54) is 23.9 Å². The third-order valence-electron chi connectivity index (χ3n) is 4.12. The van der Waals surface area contributed by atoms with Crippen molar-refractivity contribution in [2.75, 3.05) is 0 Å². The number of nitro groups is 1. The first-order valence-electron chi connectivity index (χ1n) is 9.18. The molecule has 11 heteroatoms. The van der Waals surface area contributed by atoms with E-state index in [2.05, 4.69) is 34.2 Å². The highest BCUT2D eigenvalue weighted by molar-refractivity contribution is 7.98. The lowest BCUT2D eigenvalue weighted by Crippen LogP contribution is -2.07. The van der Waals surface area contributed by atoms with Gasteiger partial charge in [0.15, 0.2) is 16.7 Å². The molecule has 0 saturated carbocycles. The number of nitro benzene ring substituents is 1. The van der Waals surface area contributed by atoms with Crippen molar-refractivity contribution >= 4 is 17.4 Å². The molecule has 1 aromatic carbocycles. The summed E-state index contributed by atoms with van der Waals surface area (Å²) in [4.78, 5) is 10.3. The molecular formula is C19H18N6O4S. The Hall–Kier alpha value is -3.47. The fourth-order valence-electron chi connectivity index (χ4n) is 2.79. The third kappa shape index (κ3) is 4.25. The molecule has 0 bridgehead atoms. The molecule has 4 rings (SSSR count). The molecule has 0 amide bonds. The summed E-state index contributed by atoms with van der Waals surface area (Å²) in [5.41, 5.74) is 0.623. The van der Waals surface area contributed by atoms with Gasteiger partial charge in [0.25, 0.3) is 5.69 Å². The topological polar surface area (TPSA) is 126 Å². The number of benzene rings is 1. The van der Waals surface area contributed by atoms with Gasteiger partial charge >= 0.3 is 0 Å². The summed E-state index contributed by atoms with van der Waals surface area (Å²) in [7, 11) is 0. The largest absolute Gasteiger partial charge is 0.461 e. The number of hydrogen-bond donors (Lipinski definition) is 0. The molecule has 0 aliphatic carbocycles. The molecule has 0 N–H and O–H groups in total. The molecule has 4 aromatic rings. The molecule has 3 heterocycles. The number of aromatic nitrogens is 5. The Labute approximate surface area is 175 Å². The van der Waals surface area contributed by atoms with E-state index < -0.39 is 4.92 Å². The standard InChI is InChI=1S/C19H18N6O4S/c1-12(2)10-24-17(15-4-3-9-28-15)21-23-19(24)30-11-16-20-22-18(29-16)13-5-7-14(8-6-13)25(26)27/h3-9,12H,10-11H2,1-2H3. The smallest absolute Gasteiger partial charge is 0.269 e. The van der Waals surface area contributed by atoms with Crippen LogP contribution in [0.5, 0.6) is 0 Å². The Morgan fingerprint density at radius 2 is 1.93 bits per heavy atom. The van der Waals surface area contributed by atoms with Crippen LogP contribution in [0, 0.1) is 16.0 Å². The molecule has 0 saturated heterocycles. The number of non-ortho nitro benzene ring substituents is 1. The van der Waals surface area contributed by atoms with Crippen molar-refractivity contribution in [2.24, 2.45) is 5.92 Å². The molecule has 10 nitrogen and oxygen atoms in total. The molecule has 0 atom stereocenters. The summed E-state index contributed by atoms with van der Waals surface area (Å²) in [6.07, 6.45) is 1.61. The molecular weight excluding hydrogens is 408 g/mol. The van der Waals surface area contributed by atoms with Crippen LogP contribution in [0.3, 0.4) is 0 Å². The summed E-state index contributed by atoms with van der Waals surface area (Å²) in [6.45, 7) is 4.98. The van der Waals surface area contributed by atoms with Gasteiger partial charge in [-0.2, -0.15) is 0 Å². The number of nitrogens with zero attached hydrogens (tertiary/aromatic N) is 6. The Balaban J connectivity index is 1.49. The summed E-state index contributed by atoms with van der Waals surface area (Å²) >= 11 is 1.44. The van der Waals surface area contributed by atoms with Gasteiger partial charge < -0.3 is 8.83 Å². The second-order valence-corrected chi connectivity index (χ2v) is 7.82. The van der Waals surface area contributed by atoms with Gasteiger partial charge in [0.05, 0.1) is 16.9 Å². The van der Waals surface area contributed by atoms with Crippen LogP contribution < -0.4 is 0 Å². The van der Waals surface area contributed by atoms with Gasteiger partial charge in [-0.1, -0.05) is 25.6 Å². The number of hydrogen-bond acceptors (Lipinski definition) is 9. The minimum atomic E-state index is -0.454. The highest BCUT2D eigenvalue weighted by Crippen LogP contribution is 2.28. The number of rotatable bonds is 8. The molecule has 0 aliphatic heterocycles. The van der Waals surface area contributed by atoms with Crippen molar-refractivity contribution in [2.45, 2.75) is 31.3 Å². The molecule has 0 fully saturated rings. The Bertz CT molecular complexity index is 1130. The van der Waals surface area contributed by atoms with Crippen molar-refractivity contribution in [1.29, 1.82) is 0 Å². The van der Waals surface area contributed by atoms with Gasteiger partial charge in [0, 0.05) is 24.2 Å². The first-order valence-corrected chi connectivity index (χ1v) is 10.2. The van der Waals surface area contributed by atoms with Gasteiger partial charge in [-0.25, -0.2) is 0 Å². The molecule has 0 unspecified atom stereocenters. The van der Waals surface area contributed by atoms with Crippen LogP contribution in [0.4, 0.5) is 5.69 Å². The maximum absolute atomic E-state index is 10.8. The van der Waals surface area contributed by atoms with E-state index in [1.807, 2.05) is 16.7 Å². The quantitative estimate of drug-likeness (QED) is 0.228. The van der Waals surface area contributed by atoms with Crippen molar-refractivity contribution in [3.8, 4) is 23.0 Å². The fourth-order valence-corrected chi connectivity index (χ4v) is 3.58. The second kappa shape index (κ2) is 8.49. The normalized spacial score (nSPS) is 11.3. The predicted molar refractivity (Wildman–Crippen MR) is 109 cm³/mol. The van der Waals surface area contributed by atoms with Crippen LogP contribution in [-0.2, 0) is 12.3 Å². The summed E-state index contributed by atoms with van der Waals surface area (Å²) in [5, 5.41) is 28.2. The highest BCUT2D eigenvalue weighted by atomic mass is 32.2. The Morgan fingerprint density at radius 3 is 2.60 bits per heavy atom. The average molecular weight is 426 g/mol. The second-order valence-electron chi connectivity index (χ2n) is 6.88. The van der Waals surface area contributed by atoms with E-state index in [0.717, 1.165) is 11.7 Å². The van der Waals surface area contributed by atoms with Crippen LogP contribution in [0.15, 0.2) is 56.7 Å². The summed E-state index contributed by atoms with van der Waals surface area (Å²) in [5.74, 6) is 2.87. The van der Waals surface area contributed by atoms with Gasteiger partial charge in [-0.15, -0.1) is 20.4 Å². The van der Waals surface area contributed by atoms with E-state index in [4.69, 9.17) is 8.83 Å². The number of furan rings is 1. The highest BCUT2D eigenvalue weighted by Gasteiger charge is 2.18. The minimum absolute atomic E-state index is 0.00546. The van der Waals surface area contributed by atoms with Crippen LogP contribution in [0.1, 0.15) is 19.7 Å². The van der Waals surface area contributed by atoms with Crippen LogP contribution >= 0.6 is 11.8 Å². The van der Waals surface area contributed by atoms with Crippen molar-refractivity contribution < 1.29 is 13.8 Å². The zero-order valence-corrected chi connectivity index (χ0v) is 17.1.